The van der Waals surface area contributed by atoms with Gasteiger partial charge >= 0.3 is 5.69 Å². The van der Waals surface area contributed by atoms with E-state index >= 15 is 0 Å². The first-order valence-electron chi connectivity index (χ1n) is 10.00. The van der Waals surface area contributed by atoms with Crippen LogP contribution in [0.15, 0.2) is 64.3 Å². The fraction of sp³-hybridized carbons (Fsp3) is 0.130. The van der Waals surface area contributed by atoms with Crippen LogP contribution in [0.1, 0.15) is 40.1 Å². The van der Waals surface area contributed by atoms with Gasteiger partial charge in [0.25, 0.3) is 11.5 Å². The summed E-state index contributed by atoms with van der Waals surface area (Å²) in [5.41, 5.74) is 6.03. The predicted molar refractivity (Wildman–Crippen MR) is 124 cm³/mol. The number of hydrogen-bond acceptors (Lipinski definition) is 6. The first kappa shape index (κ1) is 23.2. The van der Waals surface area contributed by atoms with Gasteiger partial charge in [0.2, 0.25) is 0 Å². The van der Waals surface area contributed by atoms with Crippen molar-refractivity contribution in [2.24, 2.45) is 0 Å². The largest absolute Gasteiger partial charge is 0.392 e. The molecule has 0 aliphatic rings. The quantitative estimate of drug-likeness (QED) is 0.290. The Bertz CT molecular complexity index is 1330. The van der Waals surface area contributed by atoms with E-state index in [0.29, 0.717) is 12.1 Å². The second kappa shape index (κ2) is 10.2. The number of benzene rings is 2. The number of allylic oxidation sites excluding steroid dienone is 1. The molecule has 1 aromatic heterocycles. The number of amides is 1. The zero-order valence-electron chi connectivity index (χ0n) is 17.7. The maximum absolute atomic E-state index is 13.3. The molecule has 10 heteroatoms. The van der Waals surface area contributed by atoms with Crippen LogP contribution in [0.4, 0.5) is 10.1 Å². The fourth-order valence-electron chi connectivity index (χ4n) is 3.15. The van der Waals surface area contributed by atoms with Crippen LogP contribution >= 0.6 is 0 Å². The van der Waals surface area contributed by atoms with Crippen LogP contribution in [0.5, 0.6) is 0 Å². The van der Waals surface area contributed by atoms with Crippen LogP contribution < -0.4 is 27.6 Å². The van der Waals surface area contributed by atoms with Crippen molar-refractivity contribution in [1.29, 1.82) is 5.41 Å². The van der Waals surface area contributed by atoms with Gasteiger partial charge in [-0.3, -0.25) is 14.6 Å². The molecule has 1 amide bonds. The zero-order valence-corrected chi connectivity index (χ0v) is 17.7. The topological polar surface area (TPSA) is 157 Å². The number of halogens is 1. The second-order valence-corrected chi connectivity index (χ2v) is 7.27. The van der Waals surface area contributed by atoms with E-state index in [1.165, 1.54) is 18.3 Å². The monoisotopic (exact) mass is 450 g/mol. The van der Waals surface area contributed by atoms with Gasteiger partial charge in [0.05, 0.1) is 6.04 Å². The number of H-pyrrole nitrogens is 2. The van der Waals surface area contributed by atoms with Gasteiger partial charge < -0.3 is 26.8 Å². The zero-order chi connectivity index (χ0) is 24.0. The molecule has 0 saturated carbocycles. The Hall–Kier alpha value is -4.47. The third kappa shape index (κ3) is 5.82. The number of carbonyl (C=O) groups excluding carboxylic acids is 1. The van der Waals surface area contributed by atoms with Crippen molar-refractivity contribution in [3.05, 3.63) is 104 Å². The highest BCUT2D eigenvalue weighted by molar-refractivity contribution is 6.08. The summed E-state index contributed by atoms with van der Waals surface area (Å²) in [4.78, 5) is 39.8. The number of nitrogens with two attached hydrogens (primary N) is 1. The third-order valence-electron chi connectivity index (χ3n) is 4.88. The molecule has 0 aliphatic carbocycles. The van der Waals surface area contributed by atoms with Gasteiger partial charge in [-0.25, -0.2) is 9.18 Å². The van der Waals surface area contributed by atoms with Gasteiger partial charge in [0.1, 0.15) is 17.2 Å². The van der Waals surface area contributed by atoms with E-state index in [-0.39, 0.29) is 17.2 Å². The molecule has 170 valence electrons. The molecule has 3 aromatic rings. The number of nitrogen functional groups attached to an aromatic ring is 1. The van der Waals surface area contributed by atoms with Gasteiger partial charge in [-0.05, 0) is 41.8 Å². The summed E-state index contributed by atoms with van der Waals surface area (Å²) in [5.74, 6) is -1.02. The van der Waals surface area contributed by atoms with Crippen molar-refractivity contribution in [2.45, 2.75) is 19.5 Å². The lowest BCUT2D eigenvalue weighted by Gasteiger charge is -2.16. The average Bonchev–Trinajstić information content (AvgIpc) is 2.79. The summed E-state index contributed by atoms with van der Waals surface area (Å²) < 4.78 is 13.3. The molecule has 7 N–H and O–H groups in total. The number of rotatable bonds is 8. The normalized spacial score (nSPS) is 12.1. The second-order valence-electron chi connectivity index (χ2n) is 7.27. The van der Waals surface area contributed by atoms with Crippen molar-refractivity contribution in [3.8, 4) is 0 Å². The molecule has 33 heavy (non-hydrogen) atoms. The highest BCUT2D eigenvalue weighted by atomic mass is 19.1. The number of carbonyl (C=O) groups is 1. The van der Waals surface area contributed by atoms with Crippen LogP contribution in [0.3, 0.4) is 0 Å². The van der Waals surface area contributed by atoms with Crippen molar-refractivity contribution in [1.82, 2.24) is 20.6 Å². The van der Waals surface area contributed by atoms with Gasteiger partial charge in [-0.15, -0.1) is 0 Å². The molecule has 0 unspecified atom stereocenters. The van der Waals surface area contributed by atoms with Crippen molar-refractivity contribution in [3.63, 3.8) is 0 Å². The Morgan fingerprint density at radius 2 is 1.94 bits per heavy atom. The first-order valence-corrected chi connectivity index (χ1v) is 10.00. The SMILES string of the molecule is C[C@@H](NC(=O)c1[nH]c(=O)[nH]c(=O)c1N)c1cccc(/C(C=N)=C/NCc2cccc(F)c2)c1. The van der Waals surface area contributed by atoms with Gasteiger partial charge in [0, 0.05) is 24.5 Å². The van der Waals surface area contributed by atoms with E-state index in [2.05, 4.69) is 15.6 Å². The molecule has 0 aliphatic heterocycles. The lowest BCUT2D eigenvalue weighted by atomic mass is 10.0. The van der Waals surface area contributed by atoms with Crippen LogP contribution in [0.25, 0.3) is 5.57 Å². The maximum atomic E-state index is 13.3. The fourth-order valence-corrected chi connectivity index (χ4v) is 3.15. The van der Waals surface area contributed by atoms with E-state index in [1.54, 1.807) is 43.5 Å². The molecular weight excluding hydrogens is 427 g/mol. The van der Waals surface area contributed by atoms with Crippen LogP contribution in [0.2, 0.25) is 0 Å². The molecule has 0 saturated heterocycles. The molecule has 0 bridgehead atoms. The molecule has 2 aromatic carbocycles. The molecule has 0 fully saturated rings. The summed E-state index contributed by atoms with van der Waals surface area (Å²) in [6.45, 7) is 2.12. The van der Waals surface area contributed by atoms with E-state index in [9.17, 15) is 18.8 Å². The summed E-state index contributed by atoms with van der Waals surface area (Å²) >= 11 is 0. The Morgan fingerprint density at radius 1 is 1.18 bits per heavy atom. The summed E-state index contributed by atoms with van der Waals surface area (Å²) in [5, 5.41) is 13.5. The maximum Gasteiger partial charge on any atom is 0.326 e. The Kier molecular flexibility index (Phi) is 7.19. The number of aromatic nitrogens is 2. The molecule has 0 spiro atoms. The number of hydrogen-bond donors (Lipinski definition) is 6. The minimum absolute atomic E-state index is 0.312. The summed E-state index contributed by atoms with van der Waals surface area (Å²) in [7, 11) is 0. The summed E-state index contributed by atoms with van der Waals surface area (Å²) in [6.07, 6.45) is 2.84. The van der Waals surface area contributed by atoms with Gasteiger partial charge in [0.15, 0.2) is 0 Å². The first-order chi connectivity index (χ1) is 15.8. The molecule has 1 heterocycles. The predicted octanol–water partition coefficient (Wildman–Crippen LogP) is 2.06. The lowest BCUT2D eigenvalue weighted by Crippen LogP contribution is -2.34. The molecule has 0 radical (unpaired) electrons. The number of nitrogens with one attached hydrogen (secondary N) is 5. The molecule has 9 nitrogen and oxygen atoms in total. The van der Waals surface area contributed by atoms with Crippen molar-refractivity contribution in [2.75, 3.05) is 5.73 Å². The highest BCUT2D eigenvalue weighted by Gasteiger charge is 2.17. The highest BCUT2D eigenvalue weighted by Crippen LogP contribution is 2.19. The minimum atomic E-state index is -0.843. The molecule has 1 atom stereocenters. The third-order valence-corrected chi connectivity index (χ3v) is 4.88. The van der Waals surface area contributed by atoms with Gasteiger partial charge in [-0.1, -0.05) is 30.3 Å². The minimum Gasteiger partial charge on any atom is -0.392 e. The standard InChI is InChI=1S/C23H23FN6O3/c1-13(28-22(32)20-19(26)21(31)30-23(33)29-20)15-5-3-6-16(9-15)17(10-25)12-27-11-14-4-2-7-18(24)8-14/h2-10,12-13,25,27H,11,26H2,1H3,(H,28,32)(H2,29,30,31,33)/b17-12+,25-10?/t13-/m1/s1. The van der Waals surface area contributed by atoms with Crippen molar-refractivity contribution < 1.29 is 9.18 Å². The van der Waals surface area contributed by atoms with Crippen LogP contribution in [0, 0.1) is 11.2 Å². The van der Waals surface area contributed by atoms with E-state index in [1.807, 2.05) is 11.1 Å². The van der Waals surface area contributed by atoms with E-state index in [0.717, 1.165) is 16.7 Å². The van der Waals surface area contributed by atoms with E-state index in [4.69, 9.17) is 11.1 Å². The Balaban J connectivity index is 1.74. The average molecular weight is 450 g/mol. The Morgan fingerprint density at radius 3 is 2.67 bits per heavy atom. The van der Waals surface area contributed by atoms with Crippen LogP contribution in [-0.2, 0) is 6.54 Å². The molecular formula is C23H23FN6O3. The smallest absolute Gasteiger partial charge is 0.326 e. The van der Waals surface area contributed by atoms with Gasteiger partial charge in [-0.2, -0.15) is 0 Å². The Labute approximate surface area is 188 Å². The van der Waals surface area contributed by atoms with E-state index < -0.39 is 23.2 Å². The lowest BCUT2D eigenvalue weighted by molar-refractivity contribution is 0.0935. The number of aromatic amines is 2. The number of anilines is 1. The molecule has 3 rings (SSSR count). The summed E-state index contributed by atoms with van der Waals surface area (Å²) in [6, 6.07) is 12.9. The van der Waals surface area contributed by atoms with Crippen molar-refractivity contribution >= 4 is 23.4 Å². The van der Waals surface area contributed by atoms with Crippen LogP contribution in [-0.4, -0.2) is 22.1 Å².